The number of phenols is 1. The Kier molecular flexibility index (Phi) is 4.03. The minimum atomic E-state index is -1.00. The fourth-order valence-electron chi connectivity index (χ4n) is 1.86. The summed E-state index contributed by atoms with van der Waals surface area (Å²) in [6.45, 7) is 0.404. The second-order valence-electron chi connectivity index (χ2n) is 4.23. The zero-order valence-electron chi connectivity index (χ0n) is 10.3. The molecule has 2 aromatic rings. The third-order valence-corrected chi connectivity index (χ3v) is 2.82. The Hall–Kier alpha value is -2.49. The molecule has 0 saturated heterocycles. The molecule has 0 spiro atoms. The molecule has 2 rings (SSSR count). The Morgan fingerprint density at radius 2 is 1.79 bits per heavy atom. The molecule has 1 amide bonds. The molecule has 0 fully saturated rings. The molecule has 0 aliphatic heterocycles. The zero-order valence-corrected chi connectivity index (χ0v) is 10.3. The predicted octanol–water partition coefficient (Wildman–Crippen LogP) is 2.87. The lowest BCUT2D eigenvalue weighted by molar-refractivity contribution is 0.194. The average Bonchev–Trinajstić information content (AvgIpc) is 2.39. The van der Waals surface area contributed by atoms with Crippen LogP contribution in [0.15, 0.2) is 48.5 Å². The standard InChI is InChI=1S/C15H15NO3/c17-14-3-1-2-13(10-14)12-6-4-11(5-7-12)8-9-16-15(18)19/h1-7,10,16-17H,8-9H2,(H,18,19). The summed E-state index contributed by atoms with van der Waals surface area (Å²) in [6.07, 6.45) is -0.344. The molecule has 4 heteroatoms. The molecule has 0 unspecified atom stereocenters. The number of carboxylic acid groups (broad SMARTS) is 1. The Balaban J connectivity index is 2.04. The van der Waals surface area contributed by atoms with Crippen molar-refractivity contribution in [1.82, 2.24) is 5.32 Å². The van der Waals surface area contributed by atoms with E-state index in [9.17, 15) is 9.90 Å². The van der Waals surface area contributed by atoms with Gasteiger partial charge in [0.05, 0.1) is 0 Å². The first kappa shape index (κ1) is 13.0. The van der Waals surface area contributed by atoms with Crippen LogP contribution in [0.2, 0.25) is 0 Å². The van der Waals surface area contributed by atoms with E-state index in [0.29, 0.717) is 13.0 Å². The summed E-state index contributed by atoms with van der Waals surface area (Å²) in [5, 5.41) is 20.2. The van der Waals surface area contributed by atoms with Crippen molar-refractivity contribution in [3.63, 3.8) is 0 Å². The fourth-order valence-corrected chi connectivity index (χ4v) is 1.86. The Labute approximate surface area is 111 Å². The normalized spacial score (nSPS) is 10.1. The molecule has 0 aliphatic rings. The summed E-state index contributed by atoms with van der Waals surface area (Å²) in [6, 6.07) is 14.9. The zero-order chi connectivity index (χ0) is 13.7. The van der Waals surface area contributed by atoms with Gasteiger partial charge in [0.2, 0.25) is 0 Å². The van der Waals surface area contributed by atoms with Gasteiger partial charge in [-0.2, -0.15) is 0 Å². The van der Waals surface area contributed by atoms with Crippen LogP contribution < -0.4 is 5.32 Å². The lowest BCUT2D eigenvalue weighted by Crippen LogP contribution is -2.23. The highest BCUT2D eigenvalue weighted by Gasteiger charge is 2.00. The van der Waals surface area contributed by atoms with Crippen molar-refractivity contribution in [2.45, 2.75) is 6.42 Å². The van der Waals surface area contributed by atoms with E-state index in [4.69, 9.17) is 5.11 Å². The highest BCUT2D eigenvalue weighted by molar-refractivity contribution is 5.65. The molecular weight excluding hydrogens is 242 g/mol. The first-order valence-corrected chi connectivity index (χ1v) is 6.00. The van der Waals surface area contributed by atoms with E-state index in [1.807, 2.05) is 30.3 Å². The number of carbonyl (C=O) groups is 1. The molecule has 2 aromatic carbocycles. The molecule has 98 valence electrons. The Morgan fingerprint density at radius 3 is 2.42 bits per heavy atom. The minimum Gasteiger partial charge on any atom is -0.508 e. The number of amides is 1. The first-order valence-electron chi connectivity index (χ1n) is 6.00. The topological polar surface area (TPSA) is 69.6 Å². The van der Waals surface area contributed by atoms with Crippen molar-refractivity contribution in [3.8, 4) is 16.9 Å². The molecular formula is C15H15NO3. The number of aromatic hydroxyl groups is 1. The Morgan fingerprint density at radius 1 is 1.05 bits per heavy atom. The molecule has 4 nitrogen and oxygen atoms in total. The van der Waals surface area contributed by atoms with Crippen molar-refractivity contribution in [2.75, 3.05) is 6.54 Å². The van der Waals surface area contributed by atoms with Gasteiger partial charge in [-0.05, 0) is 35.2 Å². The molecule has 3 N–H and O–H groups in total. The Bertz CT molecular complexity index is 564. The number of benzene rings is 2. The van der Waals surface area contributed by atoms with Crippen molar-refractivity contribution in [1.29, 1.82) is 0 Å². The van der Waals surface area contributed by atoms with Crippen LogP contribution in [-0.4, -0.2) is 22.9 Å². The lowest BCUT2D eigenvalue weighted by Gasteiger charge is -2.05. The highest BCUT2D eigenvalue weighted by atomic mass is 16.4. The summed E-state index contributed by atoms with van der Waals surface area (Å²) in [5.41, 5.74) is 3.04. The van der Waals surface area contributed by atoms with Crippen LogP contribution in [-0.2, 0) is 6.42 Å². The largest absolute Gasteiger partial charge is 0.508 e. The molecule has 0 heterocycles. The van der Waals surface area contributed by atoms with E-state index in [1.54, 1.807) is 18.2 Å². The minimum absolute atomic E-state index is 0.243. The predicted molar refractivity (Wildman–Crippen MR) is 73.3 cm³/mol. The molecule has 0 saturated carbocycles. The number of phenolic OH excluding ortho intramolecular Hbond substituents is 1. The van der Waals surface area contributed by atoms with Crippen LogP contribution >= 0.6 is 0 Å². The van der Waals surface area contributed by atoms with Crippen molar-refractivity contribution < 1.29 is 15.0 Å². The number of nitrogens with one attached hydrogen (secondary N) is 1. The van der Waals surface area contributed by atoms with Gasteiger partial charge in [-0.15, -0.1) is 0 Å². The molecule has 0 bridgehead atoms. The summed E-state index contributed by atoms with van der Waals surface area (Å²) in [4.78, 5) is 10.3. The van der Waals surface area contributed by atoms with E-state index in [0.717, 1.165) is 16.7 Å². The van der Waals surface area contributed by atoms with E-state index < -0.39 is 6.09 Å². The van der Waals surface area contributed by atoms with Gasteiger partial charge in [0, 0.05) is 6.54 Å². The van der Waals surface area contributed by atoms with Crippen LogP contribution in [0.4, 0.5) is 4.79 Å². The lowest BCUT2D eigenvalue weighted by atomic mass is 10.0. The second-order valence-corrected chi connectivity index (χ2v) is 4.23. The summed E-state index contributed by atoms with van der Waals surface area (Å²) in [5.74, 6) is 0.243. The molecule has 0 atom stereocenters. The number of rotatable bonds is 4. The van der Waals surface area contributed by atoms with Gasteiger partial charge in [0.1, 0.15) is 5.75 Å². The van der Waals surface area contributed by atoms with E-state index >= 15 is 0 Å². The summed E-state index contributed by atoms with van der Waals surface area (Å²) < 4.78 is 0. The van der Waals surface area contributed by atoms with Crippen molar-refractivity contribution in [3.05, 3.63) is 54.1 Å². The van der Waals surface area contributed by atoms with Crippen LogP contribution in [0, 0.1) is 0 Å². The van der Waals surface area contributed by atoms with E-state index in [-0.39, 0.29) is 5.75 Å². The van der Waals surface area contributed by atoms with Gasteiger partial charge < -0.3 is 15.5 Å². The van der Waals surface area contributed by atoms with Crippen molar-refractivity contribution in [2.24, 2.45) is 0 Å². The smallest absolute Gasteiger partial charge is 0.404 e. The van der Waals surface area contributed by atoms with E-state index in [1.165, 1.54) is 0 Å². The SMILES string of the molecule is O=C(O)NCCc1ccc(-c2cccc(O)c2)cc1. The van der Waals surface area contributed by atoms with Crippen LogP contribution in [0.25, 0.3) is 11.1 Å². The molecule has 0 radical (unpaired) electrons. The van der Waals surface area contributed by atoms with Gasteiger partial charge in [0.25, 0.3) is 0 Å². The van der Waals surface area contributed by atoms with Gasteiger partial charge in [-0.1, -0.05) is 36.4 Å². The van der Waals surface area contributed by atoms with Crippen molar-refractivity contribution >= 4 is 6.09 Å². The quantitative estimate of drug-likeness (QED) is 0.788. The second kappa shape index (κ2) is 5.91. The highest BCUT2D eigenvalue weighted by Crippen LogP contribution is 2.23. The average molecular weight is 257 g/mol. The van der Waals surface area contributed by atoms with Gasteiger partial charge in [0.15, 0.2) is 0 Å². The summed E-state index contributed by atoms with van der Waals surface area (Å²) >= 11 is 0. The summed E-state index contributed by atoms with van der Waals surface area (Å²) in [7, 11) is 0. The maximum atomic E-state index is 10.3. The maximum absolute atomic E-state index is 10.3. The van der Waals surface area contributed by atoms with Crippen LogP contribution in [0.3, 0.4) is 0 Å². The van der Waals surface area contributed by atoms with Crippen LogP contribution in [0.5, 0.6) is 5.75 Å². The third kappa shape index (κ3) is 3.74. The maximum Gasteiger partial charge on any atom is 0.404 e. The van der Waals surface area contributed by atoms with Crippen LogP contribution in [0.1, 0.15) is 5.56 Å². The molecule has 0 aromatic heterocycles. The number of hydrogen-bond acceptors (Lipinski definition) is 2. The third-order valence-electron chi connectivity index (χ3n) is 2.82. The first-order chi connectivity index (χ1) is 9.15. The monoisotopic (exact) mass is 257 g/mol. The molecule has 19 heavy (non-hydrogen) atoms. The van der Waals surface area contributed by atoms with Gasteiger partial charge in [-0.25, -0.2) is 4.79 Å². The van der Waals surface area contributed by atoms with Gasteiger partial charge in [-0.3, -0.25) is 0 Å². The number of hydrogen-bond donors (Lipinski definition) is 3. The van der Waals surface area contributed by atoms with E-state index in [2.05, 4.69) is 5.32 Å². The molecule has 0 aliphatic carbocycles. The van der Waals surface area contributed by atoms with Gasteiger partial charge >= 0.3 is 6.09 Å². The fraction of sp³-hybridized carbons (Fsp3) is 0.133.